The first-order chi connectivity index (χ1) is 15.0. The van der Waals surface area contributed by atoms with Crippen molar-refractivity contribution >= 4 is 32.4 Å². The molecule has 9 nitrogen and oxygen atoms in total. The average molecular weight is 436 g/mol. The summed E-state index contributed by atoms with van der Waals surface area (Å²) in [6.45, 7) is 2.98. The van der Waals surface area contributed by atoms with Crippen molar-refractivity contribution in [3.63, 3.8) is 0 Å². The predicted octanol–water partition coefficient (Wildman–Crippen LogP) is 1.99. The quantitative estimate of drug-likeness (QED) is 0.503. The number of benzene rings is 2. The van der Waals surface area contributed by atoms with Crippen molar-refractivity contribution < 1.29 is 8.42 Å². The van der Waals surface area contributed by atoms with E-state index in [1.165, 1.54) is 6.07 Å². The molecule has 1 saturated heterocycles. The van der Waals surface area contributed by atoms with Crippen LogP contribution in [0.2, 0.25) is 0 Å². The number of anilines is 2. The van der Waals surface area contributed by atoms with E-state index in [4.69, 9.17) is 5.14 Å². The van der Waals surface area contributed by atoms with Gasteiger partial charge in [0.15, 0.2) is 0 Å². The van der Waals surface area contributed by atoms with E-state index < -0.39 is 10.0 Å². The fraction of sp³-hybridized carbons (Fsp3) is 0.190. The smallest absolute Gasteiger partial charge is 0.238 e. The number of nitrogens with two attached hydrogens (primary N) is 1. The predicted molar refractivity (Wildman–Crippen MR) is 119 cm³/mol. The average Bonchev–Trinajstić information content (AvgIpc) is 3.33. The number of hydrogen-bond donors (Lipinski definition) is 2. The van der Waals surface area contributed by atoms with Crippen molar-refractivity contribution in [1.29, 1.82) is 0 Å². The highest BCUT2D eigenvalue weighted by molar-refractivity contribution is 7.89. The normalized spacial score (nSPS) is 14.9. The molecule has 0 aliphatic carbocycles. The number of hydrogen-bond acceptors (Lipinski definition) is 7. The van der Waals surface area contributed by atoms with Crippen LogP contribution in [0.25, 0.3) is 22.0 Å². The van der Waals surface area contributed by atoms with Gasteiger partial charge in [-0.15, -0.1) is 0 Å². The summed E-state index contributed by atoms with van der Waals surface area (Å²) in [5.41, 5.74) is 3.80. The number of nitrogens with zero attached hydrogens (tertiary/aromatic N) is 5. The maximum Gasteiger partial charge on any atom is 0.238 e. The summed E-state index contributed by atoms with van der Waals surface area (Å²) in [5.74, 6) is 0.897. The molecule has 10 heteroatoms. The van der Waals surface area contributed by atoms with Gasteiger partial charge in [-0.25, -0.2) is 23.5 Å². The van der Waals surface area contributed by atoms with Crippen molar-refractivity contribution in [2.75, 3.05) is 36.0 Å². The molecular weight excluding hydrogens is 414 g/mol. The lowest BCUT2D eigenvalue weighted by atomic mass is 10.1. The van der Waals surface area contributed by atoms with Crippen LogP contribution in [0.15, 0.2) is 66.1 Å². The Kier molecular flexibility index (Phi) is 4.79. The van der Waals surface area contributed by atoms with E-state index in [1.807, 2.05) is 24.4 Å². The van der Waals surface area contributed by atoms with E-state index in [9.17, 15) is 8.42 Å². The minimum Gasteiger partial charge on any atom is -0.368 e. The third-order valence-corrected chi connectivity index (χ3v) is 6.45. The van der Waals surface area contributed by atoms with Crippen LogP contribution in [-0.4, -0.2) is 54.8 Å². The largest absolute Gasteiger partial charge is 0.368 e. The van der Waals surface area contributed by atoms with Crippen LogP contribution < -0.4 is 14.9 Å². The number of nitrogens with one attached hydrogen (secondary N) is 1. The van der Waals surface area contributed by atoms with Crippen molar-refractivity contribution in [2.45, 2.75) is 4.90 Å². The van der Waals surface area contributed by atoms with E-state index in [0.717, 1.165) is 59.7 Å². The lowest BCUT2D eigenvalue weighted by Gasteiger charge is -2.37. The molecule has 3 N–H and O–H groups in total. The number of primary sulfonamides is 1. The molecule has 1 aliphatic heterocycles. The monoisotopic (exact) mass is 435 g/mol. The fourth-order valence-electron chi connectivity index (χ4n) is 3.92. The van der Waals surface area contributed by atoms with E-state index in [-0.39, 0.29) is 4.90 Å². The maximum absolute atomic E-state index is 11.7. The summed E-state index contributed by atoms with van der Waals surface area (Å²) < 4.78 is 23.3. The number of H-pyrrole nitrogens is 1. The summed E-state index contributed by atoms with van der Waals surface area (Å²) in [5, 5.41) is 13.1. The van der Waals surface area contributed by atoms with E-state index in [2.05, 4.69) is 36.0 Å². The molecule has 0 amide bonds. The summed E-state index contributed by atoms with van der Waals surface area (Å²) in [7, 11) is -3.73. The van der Waals surface area contributed by atoms with Crippen LogP contribution in [0.3, 0.4) is 0 Å². The molecule has 2 aromatic carbocycles. The highest BCUT2D eigenvalue weighted by atomic mass is 32.2. The Bertz CT molecular complexity index is 1330. The van der Waals surface area contributed by atoms with Gasteiger partial charge >= 0.3 is 0 Å². The number of piperazine rings is 1. The number of sulfonamides is 1. The van der Waals surface area contributed by atoms with Crippen molar-refractivity contribution in [1.82, 2.24) is 20.2 Å². The minimum atomic E-state index is -3.73. The molecule has 4 aromatic rings. The highest BCUT2D eigenvalue weighted by Gasteiger charge is 2.21. The molecule has 0 saturated carbocycles. The molecule has 0 atom stereocenters. The first-order valence-electron chi connectivity index (χ1n) is 9.86. The van der Waals surface area contributed by atoms with E-state index >= 15 is 0 Å². The van der Waals surface area contributed by atoms with Crippen LogP contribution >= 0.6 is 0 Å². The molecule has 158 valence electrons. The molecule has 0 radical (unpaired) electrons. The Labute approximate surface area is 179 Å². The summed E-state index contributed by atoms with van der Waals surface area (Å²) >= 11 is 0. The first-order valence-corrected chi connectivity index (χ1v) is 11.4. The molecule has 3 heterocycles. The number of fused-ring (bicyclic) bond motifs is 1. The third kappa shape index (κ3) is 3.82. The number of aromatic amines is 1. The van der Waals surface area contributed by atoms with Gasteiger partial charge in [0.25, 0.3) is 0 Å². The Morgan fingerprint density at radius 3 is 2.48 bits per heavy atom. The SMILES string of the molecule is NS(=O)(=O)c1cccc(N2CCN(c3ncnc4ccc(-c5cn[nH]c5)cc34)CC2)c1. The zero-order chi connectivity index (χ0) is 21.4. The first kappa shape index (κ1) is 19.5. The van der Waals surface area contributed by atoms with Crippen molar-refractivity contribution in [2.24, 2.45) is 5.14 Å². The second kappa shape index (κ2) is 7.64. The molecule has 0 unspecified atom stereocenters. The van der Waals surface area contributed by atoms with Crippen LogP contribution in [0.4, 0.5) is 11.5 Å². The van der Waals surface area contributed by atoms with Gasteiger partial charge in [0.2, 0.25) is 10.0 Å². The zero-order valence-electron chi connectivity index (χ0n) is 16.6. The standard InChI is InChI=1S/C21H21N7O2S/c22-31(29,30)18-3-1-2-17(11-18)27-6-8-28(9-7-27)21-19-10-15(16-12-25-26-13-16)4-5-20(19)23-14-24-21/h1-5,10-14H,6-9H2,(H,25,26)(H2,22,29,30). The van der Waals surface area contributed by atoms with Crippen molar-refractivity contribution in [3.8, 4) is 11.1 Å². The zero-order valence-corrected chi connectivity index (χ0v) is 17.5. The Morgan fingerprint density at radius 2 is 1.74 bits per heavy atom. The highest BCUT2D eigenvalue weighted by Crippen LogP contribution is 2.29. The van der Waals surface area contributed by atoms with Gasteiger partial charge in [-0.3, -0.25) is 5.10 Å². The van der Waals surface area contributed by atoms with Gasteiger partial charge in [0, 0.05) is 49.0 Å². The second-order valence-corrected chi connectivity index (χ2v) is 8.99. The minimum absolute atomic E-state index is 0.126. The topological polar surface area (TPSA) is 121 Å². The molecule has 1 aliphatic rings. The van der Waals surface area contributed by atoms with Gasteiger partial charge in [0.1, 0.15) is 12.1 Å². The molecule has 1 fully saturated rings. The van der Waals surface area contributed by atoms with E-state index in [1.54, 1.807) is 24.7 Å². The summed E-state index contributed by atoms with van der Waals surface area (Å²) in [6.07, 6.45) is 5.25. The third-order valence-electron chi connectivity index (χ3n) is 5.54. The molecule has 2 aromatic heterocycles. The number of rotatable bonds is 4. The van der Waals surface area contributed by atoms with Crippen LogP contribution in [0.1, 0.15) is 0 Å². The lowest BCUT2D eigenvalue weighted by Crippen LogP contribution is -2.47. The van der Waals surface area contributed by atoms with Crippen molar-refractivity contribution in [3.05, 3.63) is 61.2 Å². The maximum atomic E-state index is 11.7. The lowest BCUT2D eigenvalue weighted by molar-refractivity contribution is 0.597. The molecule has 5 rings (SSSR count). The van der Waals surface area contributed by atoms with Crippen LogP contribution in [-0.2, 0) is 10.0 Å². The molecule has 31 heavy (non-hydrogen) atoms. The Hall–Kier alpha value is -3.50. The van der Waals surface area contributed by atoms with Gasteiger partial charge in [-0.05, 0) is 35.9 Å². The van der Waals surface area contributed by atoms with Gasteiger partial charge in [0.05, 0.1) is 16.6 Å². The molecule has 0 bridgehead atoms. The summed E-state index contributed by atoms with van der Waals surface area (Å²) in [4.78, 5) is 13.5. The second-order valence-electron chi connectivity index (χ2n) is 7.43. The van der Waals surface area contributed by atoms with Gasteiger partial charge < -0.3 is 9.80 Å². The Balaban J connectivity index is 1.40. The van der Waals surface area contributed by atoms with Gasteiger partial charge in [-0.1, -0.05) is 12.1 Å². The van der Waals surface area contributed by atoms with Gasteiger partial charge in [-0.2, -0.15) is 5.10 Å². The summed E-state index contributed by atoms with van der Waals surface area (Å²) in [6, 6.07) is 12.9. The fourth-order valence-corrected chi connectivity index (χ4v) is 4.47. The van der Waals surface area contributed by atoms with Crippen LogP contribution in [0.5, 0.6) is 0 Å². The van der Waals surface area contributed by atoms with E-state index in [0.29, 0.717) is 0 Å². The molecular formula is C21H21N7O2S. The van der Waals surface area contributed by atoms with Crippen LogP contribution in [0, 0.1) is 0 Å². The number of aromatic nitrogens is 4. The molecule has 0 spiro atoms. The Morgan fingerprint density at radius 1 is 0.935 bits per heavy atom.